The van der Waals surface area contributed by atoms with Crippen molar-refractivity contribution in [2.75, 3.05) is 6.61 Å². The van der Waals surface area contributed by atoms with Crippen LogP contribution < -0.4 is 0 Å². The van der Waals surface area contributed by atoms with Crippen molar-refractivity contribution < 1.29 is 9.53 Å². The van der Waals surface area contributed by atoms with Crippen molar-refractivity contribution >= 4 is 21.9 Å². The molecule has 0 aliphatic carbocycles. The number of rotatable bonds is 4. The Hall–Kier alpha value is -0.830. The summed E-state index contributed by atoms with van der Waals surface area (Å²) in [6.07, 6.45) is 1.82. The van der Waals surface area contributed by atoms with Crippen LogP contribution in [0.1, 0.15) is 18.9 Å². The molecule has 2 nitrogen and oxygen atoms in total. The number of benzene rings is 1. The van der Waals surface area contributed by atoms with Gasteiger partial charge in [0, 0.05) is 11.4 Å². The van der Waals surface area contributed by atoms with Crippen molar-refractivity contribution in [3.63, 3.8) is 0 Å². The van der Waals surface area contributed by atoms with Crippen LogP contribution in [0.15, 0.2) is 28.7 Å². The lowest BCUT2D eigenvalue weighted by molar-refractivity contribution is -0.141. The number of esters is 1. The van der Waals surface area contributed by atoms with Crippen molar-refractivity contribution in [2.24, 2.45) is 0 Å². The molecule has 0 aromatic heterocycles. The van der Waals surface area contributed by atoms with E-state index < -0.39 is 0 Å². The Labute approximate surface area is 92.4 Å². The molecular weight excluding hydrogens is 244 g/mol. The van der Waals surface area contributed by atoms with E-state index in [1.807, 2.05) is 12.1 Å². The van der Waals surface area contributed by atoms with Crippen LogP contribution in [0.5, 0.6) is 0 Å². The minimum atomic E-state index is -0.208. The first kappa shape index (κ1) is 11.2. The van der Waals surface area contributed by atoms with Gasteiger partial charge in [-0.1, -0.05) is 28.1 Å². The quantitative estimate of drug-likeness (QED) is 0.612. The fraction of sp³-hybridized carbons (Fsp3) is 0.364. The molecule has 1 aromatic carbocycles. The molecule has 0 aliphatic rings. The summed E-state index contributed by atoms with van der Waals surface area (Å²) in [7, 11) is 0. The highest BCUT2D eigenvalue weighted by Crippen LogP contribution is 2.11. The Bertz CT molecular complexity index is 293. The highest BCUT2D eigenvalue weighted by atomic mass is 79.9. The van der Waals surface area contributed by atoms with Gasteiger partial charge in [-0.15, -0.1) is 0 Å². The second kappa shape index (κ2) is 5.81. The van der Waals surface area contributed by atoms with Crippen molar-refractivity contribution in [3.05, 3.63) is 34.3 Å². The van der Waals surface area contributed by atoms with Gasteiger partial charge >= 0.3 is 5.97 Å². The molecule has 0 saturated carbocycles. The molecule has 0 saturated heterocycles. The molecule has 0 N–H and O–H groups in total. The lowest BCUT2D eigenvalue weighted by Crippen LogP contribution is -2.01. The summed E-state index contributed by atoms with van der Waals surface area (Å²) in [4.78, 5) is 10.5. The summed E-state index contributed by atoms with van der Waals surface area (Å²) in [6.45, 7) is 1.94. The normalized spacial score (nSPS) is 9.86. The Balaban J connectivity index is 2.25. The third-order valence-electron chi connectivity index (χ3n) is 1.83. The predicted molar refractivity (Wildman–Crippen MR) is 59.1 cm³/mol. The summed E-state index contributed by atoms with van der Waals surface area (Å²) in [5.41, 5.74) is 1.26. The first-order valence-corrected chi connectivity index (χ1v) is 5.35. The average Bonchev–Trinajstić information content (AvgIpc) is 2.15. The number of ether oxygens (including phenoxy) is 1. The van der Waals surface area contributed by atoms with Gasteiger partial charge in [-0.2, -0.15) is 0 Å². The van der Waals surface area contributed by atoms with Crippen molar-refractivity contribution in [3.8, 4) is 0 Å². The van der Waals surface area contributed by atoms with E-state index in [9.17, 15) is 4.79 Å². The zero-order valence-electron chi connectivity index (χ0n) is 8.13. The van der Waals surface area contributed by atoms with Gasteiger partial charge in [-0.3, -0.25) is 4.79 Å². The Morgan fingerprint density at radius 2 is 2.00 bits per heavy atom. The number of hydrogen-bond donors (Lipinski definition) is 0. The standard InChI is InChI=1S/C11H13BrO2/c1-9(13)14-8-2-3-10-4-6-11(12)7-5-10/h4-7H,2-3,8H2,1H3. The zero-order chi connectivity index (χ0) is 10.4. The molecule has 76 valence electrons. The van der Waals surface area contributed by atoms with Crippen LogP contribution in [0, 0.1) is 0 Å². The van der Waals surface area contributed by atoms with E-state index in [4.69, 9.17) is 4.74 Å². The van der Waals surface area contributed by atoms with Crippen LogP contribution in [0.25, 0.3) is 0 Å². The van der Waals surface area contributed by atoms with E-state index >= 15 is 0 Å². The molecule has 0 spiro atoms. The molecule has 0 amide bonds. The van der Waals surface area contributed by atoms with Crippen LogP contribution in [0.3, 0.4) is 0 Å². The third kappa shape index (κ3) is 4.42. The number of carbonyl (C=O) groups is 1. The van der Waals surface area contributed by atoms with Gasteiger partial charge in [-0.25, -0.2) is 0 Å². The summed E-state index contributed by atoms with van der Waals surface area (Å²) < 4.78 is 5.92. The molecular formula is C11H13BrO2. The minimum Gasteiger partial charge on any atom is -0.466 e. The largest absolute Gasteiger partial charge is 0.466 e. The molecule has 1 aromatic rings. The highest BCUT2D eigenvalue weighted by Gasteiger charge is 1.95. The maximum atomic E-state index is 10.5. The van der Waals surface area contributed by atoms with Gasteiger partial charge < -0.3 is 4.74 Å². The van der Waals surface area contributed by atoms with Crippen LogP contribution in [-0.2, 0) is 16.0 Å². The molecule has 3 heteroatoms. The topological polar surface area (TPSA) is 26.3 Å². The smallest absolute Gasteiger partial charge is 0.302 e. The average molecular weight is 257 g/mol. The second-order valence-electron chi connectivity index (χ2n) is 3.07. The van der Waals surface area contributed by atoms with Gasteiger partial charge in [0.05, 0.1) is 6.61 Å². The van der Waals surface area contributed by atoms with Gasteiger partial charge in [-0.05, 0) is 30.5 Å². The SMILES string of the molecule is CC(=O)OCCCc1ccc(Br)cc1. The van der Waals surface area contributed by atoms with E-state index in [0.29, 0.717) is 6.61 Å². The third-order valence-corrected chi connectivity index (χ3v) is 2.36. The van der Waals surface area contributed by atoms with Crippen molar-refractivity contribution in [1.82, 2.24) is 0 Å². The Morgan fingerprint density at radius 3 is 2.57 bits per heavy atom. The van der Waals surface area contributed by atoms with E-state index in [2.05, 4.69) is 28.1 Å². The fourth-order valence-electron chi connectivity index (χ4n) is 1.14. The number of carbonyl (C=O) groups excluding carboxylic acids is 1. The maximum absolute atomic E-state index is 10.5. The molecule has 0 fully saturated rings. The van der Waals surface area contributed by atoms with Crippen molar-refractivity contribution in [1.29, 1.82) is 0 Å². The first-order chi connectivity index (χ1) is 6.68. The van der Waals surface area contributed by atoms with Gasteiger partial charge in [0.2, 0.25) is 0 Å². The molecule has 0 atom stereocenters. The van der Waals surface area contributed by atoms with E-state index in [-0.39, 0.29) is 5.97 Å². The molecule has 0 aliphatic heterocycles. The molecule has 14 heavy (non-hydrogen) atoms. The first-order valence-electron chi connectivity index (χ1n) is 4.56. The second-order valence-corrected chi connectivity index (χ2v) is 3.99. The van der Waals surface area contributed by atoms with E-state index in [0.717, 1.165) is 17.3 Å². The number of hydrogen-bond acceptors (Lipinski definition) is 2. The van der Waals surface area contributed by atoms with Gasteiger partial charge in [0.1, 0.15) is 0 Å². The Morgan fingerprint density at radius 1 is 1.36 bits per heavy atom. The van der Waals surface area contributed by atoms with Crippen LogP contribution in [0.2, 0.25) is 0 Å². The maximum Gasteiger partial charge on any atom is 0.302 e. The van der Waals surface area contributed by atoms with Crippen LogP contribution in [0.4, 0.5) is 0 Å². The molecule has 0 heterocycles. The monoisotopic (exact) mass is 256 g/mol. The van der Waals surface area contributed by atoms with E-state index in [1.54, 1.807) is 0 Å². The predicted octanol–water partition coefficient (Wildman–Crippen LogP) is 2.94. The highest BCUT2D eigenvalue weighted by molar-refractivity contribution is 9.10. The molecule has 0 bridgehead atoms. The molecule has 1 rings (SSSR count). The van der Waals surface area contributed by atoms with Crippen LogP contribution >= 0.6 is 15.9 Å². The zero-order valence-corrected chi connectivity index (χ0v) is 9.71. The number of halogens is 1. The van der Waals surface area contributed by atoms with E-state index in [1.165, 1.54) is 12.5 Å². The van der Waals surface area contributed by atoms with Gasteiger partial charge in [0.25, 0.3) is 0 Å². The minimum absolute atomic E-state index is 0.208. The van der Waals surface area contributed by atoms with Crippen LogP contribution in [-0.4, -0.2) is 12.6 Å². The fourth-order valence-corrected chi connectivity index (χ4v) is 1.41. The molecule has 0 radical (unpaired) electrons. The van der Waals surface area contributed by atoms with Gasteiger partial charge in [0.15, 0.2) is 0 Å². The van der Waals surface area contributed by atoms with Crippen molar-refractivity contribution in [2.45, 2.75) is 19.8 Å². The summed E-state index contributed by atoms with van der Waals surface area (Å²) in [6, 6.07) is 8.16. The number of aryl methyl sites for hydroxylation is 1. The summed E-state index contributed by atoms with van der Waals surface area (Å²) in [5.74, 6) is -0.208. The lowest BCUT2D eigenvalue weighted by atomic mass is 10.1. The Kier molecular flexibility index (Phi) is 4.66. The molecule has 0 unspecified atom stereocenters. The summed E-state index contributed by atoms with van der Waals surface area (Å²) in [5, 5.41) is 0. The lowest BCUT2D eigenvalue weighted by Gasteiger charge is -2.02. The summed E-state index contributed by atoms with van der Waals surface area (Å²) >= 11 is 3.38.